The van der Waals surface area contributed by atoms with Gasteiger partial charge in [-0.2, -0.15) is 0 Å². The van der Waals surface area contributed by atoms with Gasteiger partial charge in [-0.05, 0) is 14.0 Å². The van der Waals surface area contributed by atoms with Gasteiger partial charge in [0.25, 0.3) is 0 Å². The van der Waals surface area contributed by atoms with Crippen molar-refractivity contribution in [1.29, 1.82) is 0 Å². The number of carbonyl (C=O) groups is 2. The summed E-state index contributed by atoms with van der Waals surface area (Å²) in [5.41, 5.74) is 0. The SMILES string of the molecule is CC(=O)CN(C)CC(=O)O[B]O. The highest BCUT2D eigenvalue weighted by Crippen LogP contribution is 1.84. The Morgan fingerprint density at radius 1 is 1.50 bits per heavy atom. The second kappa shape index (κ2) is 5.73. The summed E-state index contributed by atoms with van der Waals surface area (Å²) < 4.78 is 4.13. The molecule has 1 radical (unpaired) electrons. The molecule has 67 valence electrons. The fourth-order valence-corrected chi connectivity index (χ4v) is 0.752. The van der Waals surface area contributed by atoms with E-state index in [1.165, 1.54) is 11.8 Å². The highest BCUT2D eigenvalue weighted by molar-refractivity contribution is 6.20. The van der Waals surface area contributed by atoms with Gasteiger partial charge in [-0.25, -0.2) is 0 Å². The van der Waals surface area contributed by atoms with Gasteiger partial charge in [-0.1, -0.05) is 0 Å². The fourth-order valence-electron chi connectivity index (χ4n) is 0.752. The molecule has 0 aromatic carbocycles. The molecule has 6 heteroatoms. The Morgan fingerprint density at radius 2 is 2.08 bits per heavy atom. The van der Waals surface area contributed by atoms with Crippen LogP contribution in [0.2, 0.25) is 0 Å². The molecule has 0 aromatic rings. The summed E-state index contributed by atoms with van der Waals surface area (Å²) in [5.74, 6) is -0.625. The molecule has 0 rings (SSSR count). The number of Topliss-reactive ketones (excluding diaryl/α,β-unsaturated/α-hetero) is 1. The molecular formula is C6H11BNO4. The van der Waals surface area contributed by atoms with E-state index in [-0.39, 0.29) is 18.9 Å². The molecule has 0 aromatic heterocycles. The summed E-state index contributed by atoms with van der Waals surface area (Å²) >= 11 is 0. The quantitative estimate of drug-likeness (QED) is 0.515. The fraction of sp³-hybridized carbons (Fsp3) is 0.667. The largest absolute Gasteiger partial charge is 0.571 e. The topological polar surface area (TPSA) is 66.8 Å². The summed E-state index contributed by atoms with van der Waals surface area (Å²) in [7, 11) is 1.93. The minimum atomic E-state index is -0.596. The van der Waals surface area contributed by atoms with Gasteiger partial charge >= 0.3 is 13.7 Å². The van der Waals surface area contributed by atoms with Crippen molar-refractivity contribution in [1.82, 2.24) is 4.90 Å². The Balaban J connectivity index is 3.61. The van der Waals surface area contributed by atoms with Crippen LogP contribution in [0.1, 0.15) is 6.92 Å². The Bertz CT molecular complexity index is 173. The van der Waals surface area contributed by atoms with Crippen LogP contribution in [-0.2, 0) is 14.2 Å². The van der Waals surface area contributed by atoms with Crippen molar-refractivity contribution < 1.29 is 19.3 Å². The summed E-state index contributed by atoms with van der Waals surface area (Å²) in [4.78, 5) is 22.7. The number of carbonyl (C=O) groups excluding carboxylic acids is 2. The number of rotatable bonds is 5. The Hall–Kier alpha value is -0.875. The average molecular weight is 172 g/mol. The van der Waals surface area contributed by atoms with Gasteiger partial charge in [-0.3, -0.25) is 14.5 Å². The first-order chi connectivity index (χ1) is 5.56. The van der Waals surface area contributed by atoms with Gasteiger partial charge in [0.05, 0.1) is 13.1 Å². The Labute approximate surface area is 71.6 Å². The first kappa shape index (κ1) is 11.1. The molecule has 0 aliphatic rings. The van der Waals surface area contributed by atoms with Gasteiger partial charge < -0.3 is 9.68 Å². The highest BCUT2D eigenvalue weighted by atomic mass is 16.6. The van der Waals surface area contributed by atoms with E-state index in [0.29, 0.717) is 7.69 Å². The van der Waals surface area contributed by atoms with Crippen molar-refractivity contribution in [3.8, 4) is 0 Å². The van der Waals surface area contributed by atoms with E-state index in [4.69, 9.17) is 5.02 Å². The molecule has 0 unspecified atom stereocenters. The predicted octanol–water partition coefficient (Wildman–Crippen LogP) is -1.42. The number of hydrogen-bond donors (Lipinski definition) is 1. The van der Waals surface area contributed by atoms with E-state index in [2.05, 4.69) is 4.65 Å². The van der Waals surface area contributed by atoms with Gasteiger partial charge in [0.1, 0.15) is 5.78 Å². The van der Waals surface area contributed by atoms with Crippen LogP contribution in [0, 0.1) is 0 Å². The molecule has 0 fully saturated rings. The van der Waals surface area contributed by atoms with Crippen LogP contribution in [0.5, 0.6) is 0 Å². The molecule has 0 heterocycles. The number of nitrogens with zero attached hydrogens (tertiary/aromatic N) is 1. The maximum atomic E-state index is 10.7. The third-order valence-electron chi connectivity index (χ3n) is 1.08. The standard InChI is InChI=1S/C6H11BNO4/c1-5(9)3-8(2)4-6(10)12-7-11/h11H,3-4H2,1-2H3. The first-order valence-electron chi connectivity index (χ1n) is 3.39. The van der Waals surface area contributed by atoms with Crippen molar-refractivity contribution in [2.24, 2.45) is 0 Å². The molecule has 0 aliphatic carbocycles. The van der Waals surface area contributed by atoms with Crippen molar-refractivity contribution >= 4 is 19.4 Å². The second-order valence-corrected chi connectivity index (χ2v) is 2.47. The molecule has 0 amide bonds. The molecule has 0 atom stereocenters. The van der Waals surface area contributed by atoms with Crippen LogP contribution in [0.4, 0.5) is 0 Å². The number of hydrogen-bond acceptors (Lipinski definition) is 5. The van der Waals surface area contributed by atoms with E-state index in [1.807, 2.05) is 0 Å². The zero-order valence-electron chi connectivity index (χ0n) is 7.11. The van der Waals surface area contributed by atoms with Crippen molar-refractivity contribution in [3.05, 3.63) is 0 Å². The molecule has 0 saturated carbocycles. The molecule has 1 N–H and O–H groups in total. The van der Waals surface area contributed by atoms with E-state index < -0.39 is 5.97 Å². The Morgan fingerprint density at radius 3 is 2.50 bits per heavy atom. The maximum absolute atomic E-state index is 10.7. The zero-order valence-corrected chi connectivity index (χ0v) is 7.11. The first-order valence-corrected chi connectivity index (χ1v) is 3.39. The van der Waals surface area contributed by atoms with E-state index in [0.717, 1.165) is 0 Å². The molecule has 0 saturated heterocycles. The lowest BCUT2D eigenvalue weighted by atomic mass is 10.4. The van der Waals surface area contributed by atoms with Gasteiger partial charge in [0, 0.05) is 0 Å². The lowest BCUT2D eigenvalue weighted by Crippen LogP contribution is -2.31. The molecule has 5 nitrogen and oxygen atoms in total. The zero-order chi connectivity index (χ0) is 9.56. The van der Waals surface area contributed by atoms with Crippen molar-refractivity contribution in [2.45, 2.75) is 6.92 Å². The third kappa shape index (κ3) is 5.88. The maximum Gasteiger partial charge on any atom is 0.571 e. The van der Waals surface area contributed by atoms with Crippen LogP contribution in [0.3, 0.4) is 0 Å². The van der Waals surface area contributed by atoms with Crippen molar-refractivity contribution in [3.63, 3.8) is 0 Å². The third-order valence-corrected chi connectivity index (χ3v) is 1.08. The highest BCUT2D eigenvalue weighted by Gasteiger charge is 2.08. The van der Waals surface area contributed by atoms with Crippen LogP contribution in [0.25, 0.3) is 0 Å². The minimum Gasteiger partial charge on any atom is -0.510 e. The summed E-state index contributed by atoms with van der Waals surface area (Å²) in [6.07, 6.45) is 0. The van der Waals surface area contributed by atoms with Crippen molar-refractivity contribution in [2.75, 3.05) is 20.1 Å². The van der Waals surface area contributed by atoms with Gasteiger partial charge in [0.15, 0.2) is 0 Å². The second-order valence-electron chi connectivity index (χ2n) is 2.47. The van der Waals surface area contributed by atoms with Gasteiger partial charge in [0.2, 0.25) is 0 Å². The van der Waals surface area contributed by atoms with E-state index in [1.54, 1.807) is 7.05 Å². The summed E-state index contributed by atoms with van der Waals surface area (Å²) in [6.45, 7) is 1.61. The number of ketones is 1. The minimum absolute atomic E-state index is 0.0172. The molecule has 0 spiro atoms. The smallest absolute Gasteiger partial charge is 0.510 e. The summed E-state index contributed by atoms with van der Waals surface area (Å²) in [5, 5.41) is 8.08. The van der Waals surface area contributed by atoms with Gasteiger partial charge in [-0.15, -0.1) is 0 Å². The van der Waals surface area contributed by atoms with E-state index in [9.17, 15) is 9.59 Å². The van der Waals surface area contributed by atoms with E-state index >= 15 is 0 Å². The predicted molar refractivity (Wildman–Crippen MR) is 42.2 cm³/mol. The molecule has 12 heavy (non-hydrogen) atoms. The van der Waals surface area contributed by atoms with Crippen LogP contribution in [0.15, 0.2) is 0 Å². The van der Waals surface area contributed by atoms with Crippen LogP contribution < -0.4 is 0 Å². The van der Waals surface area contributed by atoms with Crippen LogP contribution >= 0.6 is 0 Å². The monoisotopic (exact) mass is 172 g/mol. The Kier molecular flexibility index (Phi) is 5.32. The molecule has 0 aliphatic heterocycles. The number of likely N-dealkylation sites (N-methyl/N-ethyl adjacent to an activating group) is 1. The van der Waals surface area contributed by atoms with Crippen LogP contribution in [-0.4, -0.2) is 49.5 Å². The molecular weight excluding hydrogens is 161 g/mol. The molecule has 0 bridgehead atoms. The summed E-state index contributed by atoms with van der Waals surface area (Å²) in [6, 6.07) is 0. The average Bonchev–Trinajstić information content (AvgIpc) is 1.84. The lowest BCUT2D eigenvalue weighted by Gasteiger charge is -2.12. The normalized spacial score (nSPS) is 9.67. The lowest BCUT2D eigenvalue weighted by molar-refractivity contribution is -0.136.